The van der Waals surface area contributed by atoms with Crippen LogP contribution in [0.4, 0.5) is 0 Å². The SMILES string of the molecule is Brc1ccc(Br)c(C[n+]2ccccc2C2OCCO2)c1.[Br-]. The highest BCUT2D eigenvalue weighted by Gasteiger charge is 2.27. The number of hydrogen-bond acceptors (Lipinski definition) is 2. The highest BCUT2D eigenvalue weighted by molar-refractivity contribution is 9.11. The van der Waals surface area contributed by atoms with Crippen LogP contribution in [-0.4, -0.2) is 13.2 Å². The molecule has 0 unspecified atom stereocenters. The monoisotopic (exact) mass is 477 g/mol. The molecule has 1 fully saturated rings. The Morgan fingerprint density at radius 1 is 1.10 bits per heavy atom. The van der Waals surface area contributed by atoms with E-state index in [1.807, 2.05) is 36.5 Å². The van der Waals surface area contributed by atoms with Gasteiger partial charge in [-0.3, -0.25) is 0 Å². The minimum Gasteiger partial charge on any atom is -1.00 e. The van der Waals surface area contributed by atoms with Crippen molar-refractivity contribution in [3.63, 3.8) is 0 Å². The van der Waals surface area contributed by atoms with Gasteiger partial charge in [0.2, 0.25) is 12.0 Å². The zero-order chi connectivity index (χ0) is 13.9. The molecule has 2 heterocycles. The fourth-order valence-corrected chi connectivity index (χ4v) is 3.01. The molecule has 3 nitrogen and oxygen atoms in total. The van der Waals surface area contributed by atoms with Gasteiger partial charge in [-0.05, 0) is 24.3 Å². The third-order valence-corrected chi connectivity index (χ3v) is 4.45. The van der Waals surface area contributed by atoms with Crippen molar-refractivity contribution >= 4 is 31.9 Å². The zero-order valence-corrected chi connectivity index (χ0v) is 15.9. The Bertz CT molecular complexity index is 616. The van der Waals surface area contributed by atoms with Gasteiger partial charge in [0.15, 0.2) is 12.7 Å². The second-order valence-electron chi connectivity index (χ2n) is 4.56. The smallest absolute Gasteiger partial charge is 0.245 e. The molecule has 1 saturated heterocycles. The van der Waals surface area contributed by atoms with Gasteiger partial charge in [0, 0.05) is 26.6 Å². The summed E-state index contributed by atoms with van der Waals surface area (Å²) in [5.41, 5.74) is 2.24. The number of ether oxygens (including phenoxy) is 2. The summed E-state index contributed by atoms with van der Waals surface area (Å²) in [5.74, 6) is 0. The van der Waals surface area contributed by atoms with Crippen molar-refractivity contribution in [3.05, 3.63) is 62.8 Å². The van der Waals surface area contributed by atoms with Gasteiger partial charge in [0.05, 0.1) is 13.2 Å². The molecule has 0 atom stereocenters. The van der Waals surface area contributed by atoms with Crippen molar-refractivity contribution in [2.24, 2.45) is 0 Å². The standard InChI is InChI=1S/C15H14Br2NO2.BrH/c16-12-4-5-13(17)11(9-12)10-18-6-2-1-3-14(18)15-19-7-8-20-15;/h1-6,9,15H,7-8,10H2;1H/q+1;/p-1. The van der Waals surface area contributed by atoms with Crippen LogP contribution in [0.1, 0.15) is 17.5 Å². The molecule has 0 N–H and O–H groups in total. The molecule has 6 heteroatoms. The fraction of sp³-hybridized carbons (Fsp3) is 0.267. The van der Waals surface area contributed by atoms with E-state index in [9.17, 15) is 0 Å². The van der Waals surface area contributed by atoms with Gasteiger partial charge in [-0.15, -0.1) is 0 Å². The Balaban J connectivity index is 0.00000161. The van der Waals surface area contributed by atoms with Crippen LogP contribution in [0.25, 0.3) is 0 Å². The van der Waals surface area contributed by atoms with E-state index < -0.39 is 0 Å². The van der Waals surface area contributed by atoms with E-state index in [2.05, 4.69) is 42.5 Å². The lowest BCUT2D eigenvalue weighted by atomic mass is 10.2. The molecule has 0 radical (unpaired) electrons. The van der Waals surface area contributed by atoms with Crippen molar-refractivity contribution in [2.45, 2.75) is 12.8 Å². The fourth-order valence-electron chi connectivity index (χ4n) is 2.22. The number of halogens is 3. The Kier molecular flexibility index (Phi) is 6.37. The summed E-state index contributed by atoms with van der Waals surface area (Å²) in [6.07, 6.45) is 1.79. The Morgan fingerprint density at radius 3 is 2.62 bits per heavy atom. The van der Waals surface area contributed by atoms with Crippen molar-refractivity contribution in [3.8, 4) is 0 Å². The molecule has 1 aliphatic rings. The van der Waals surface area contributed by atoms with Gasteiger partial charge in [-0.1, -0.05) is 31.9 Å². The average Bonchev–Trinajstić information content (AvgIpc) is 2.97. The highest BCUT2D eigenvalue weighted by atomic mass is 79.9. The van der Waals surface area contributed by atoms with Gasteiger partial charge in [0.25, 0.3) is 0 Å². The molecule has 1 aromatic heterocycles. The maximum absolute atomic E-state index is 5.61. The molecule has 0 bridgehead atoms. The Morgan fingerprint density at radius 2 is 1.86 bits per heavy atom. The molecule has 112 valence electrons. The molecule has 2 aromatic rings. The first-order chi connectivity index (χ1) is 9.74. The number of nitrogens with zero attached hydrogens (tertiary/aromatic N) is 1. The van der Waals surface area contributed by atoms with Crippen LogP contribution in [0, 0.1) is 0 Å². The lowest BCUT2D eigenvalue weighted by Crippen LogP contribution is -3.00. The number of rotatable bonds is 3. The molecular weight excluding hydrogens is 466 g/mol. The van der Waals surface area contributed by atoms with Gasteiger partial charge in [-0.25, -0.2) is 0 Å². The highest BCUT2D eigenvalue weighted by Crippen LogP contribution is 2.23. The summed E-state index contributed by atoms with van der Waals surface area (Å²) in [4.78, 5) is 0. The molecule has 0 saturated carbocycles. The number of aromatic nitrogens is 1. The van der Waals surface area contributed by atoms with E-state index in [-0.39, 0.29) is 23.3 Å². The molecule has 0 aliphatic carbocycles. The Labute approximate surface area is 151 Å². The average molecular weight is 480 g/mol. The molecule has 0 amide bonds. The van der Waals surface area contributed by atoms with Gasteiger partial charge >= 0.3 is 0 Å². The van der Waals surface area contributed by atoms with Crippen molar-refractivity contribution in [1.82, 2.24) is 0 Å². The molecule has 0 spiro atoms. The molecule has 3 rings (SSSR count). The summed E-state index contributed by atoms with van der Waals surface area (Å²) in [6, 6.07) is 12.3. The first-order valence-electron chi connectivity index (χ1n) is 6.39. The van der Waals surface area contributed by atoms with Crippen LogP contribution < -0.4 is 21.5 Å². The number of hydrogen-bond donors (Lipinski definition) is 0. The zero-order valence-electron chi connectivity index (χ0n) is 11.1. The Hall–Kier alpha value is -0.270. The lowest BCUT2D eigenvalue weighted by molar-refractivity contribution is -0.702. The molecule has 1 aromatic carbocycles. The predicted molar refractivity (Wildman–Crippen MR) is 82.2 cm³/mol. The normalized spacial score (nSPS) is 15.0. The van der Waals surface area contributed by atoms with Crippen LogP contribution in [-0.2, 0) is 16.0 Å². The van der Waals surface area contributed by atoms with Crippen LogP contribution in [0.5, 0.6) is 0 Å². The number of pyridine rings is 1. The van der Waals surface area contributed by atoms with Crippen molar-refractivity contribution in [2.75, 3.05) is 13.2 Å². The van der Waals surface area contributed by atoms with E-state index in [4.69, 9.17) is 9.47 Å². The second kappa shape index (κ2) is 7.83. The van der Waals surface area contributed by atoms with E-state index in [0.717, 1.165) is 21.2 Å². The first-order valence-corrected chi connectivity index (χ1v) is 7.98. The predicted octanol–water partition coefficient (Wildman–Crippen LogP) is 0.597. The lowest BCUT2D eigenvalue weighted by Gasteiger charge is -2.10. The topological polar surface area (TPSA) is 22.3 Å². The van der Waals surface area contributed by atoms with E-state index in [1.54, 1.807) is 0 Å². The van der Waals surface area contributed by atoms with Gasteiger partial charge < -0.3 is 26.5 Å². The van der Waals surface area contributed by atoms with Gasteiger partial charge in [-0.2, -0.15) is 4.57 Å². The van der Waals surface area contributed by atoms with E-state index >= 15 is 0 Å². The maximum atomic E-state index is 5.61. The summed E-state index contributed by atoms with van der Waals surface area (Å²) in [6.45, 7) is 2.07. The summed E-state index contributed by atoms with van der Waals surface area (Å²) in [5, 5.41) is 0. The number of benzene rings is 1. The quantitative estimate of drug-likeness (QED) is 0.602. The minimum atomic E-state index is -0.262. The van der Waals surface area contributed by atoms with Crippen molar-refractivity contribution < 1.29 is 31.0 Å². The van der Waals surface area contributed by atoms with Crippen molar-refractivity contribution in [1.29, 1.82) is 0 Å². The van der Waals surface area contributed by atoms with Crippen LogP contribution in [0.3, 0.4) is 0 Å². The third kappa shape index (κ3) is 4.13. The van der Waals surface area contributed by atoms with E-state index in [0.29, 0.717) is 13.2 Å². The summed E-state index contributed by atoms with van der Waals surface area (Å²) >= 11 is 7.11. The minimum absolute atomic E-state index is 0. The van der Waals surface area contributed by atoms with Crippen LogP contribution in [0.2, 0.25) is 0 Å². The second-order valence-corrected chi connectivity index (χ2v) is 6.33. The molecule has 21 heavy (non-hydrogen) atoms. The van der Waals surface area contributed by atoms with Gasteiger partial charge in [0.1, 0.15) is 0 Å². The maximum Gasteiger partial charge on any atom is 0.245 e. The molecular formula is C15H14Br3NO2. The molecule has 1 aliphatic heterocycles. The van der Waals surface area contributed by atoms with Crippen LogP contribution in [0.15, 0.2) is 51.5 Å². The van der Waals surface area contributed by atoms with E-state index in [1.165, 1.54) is 5.56 Å². The summed E-state index contributed by atoms with van der Waals surface area (Å²) < 4.78 is 15.5. The largest absolute Gasteiger partial charge is 1.00 e. The first kappa shape index (κ1) is 17.1. The summed E-state index contributed by atoms with van der Waals surface area (Å²) in [7, 11) is 0. The third-order valence-electron chi connectivity index (χ3n) is 3.19. The van der Waals surface area contributed by atoms with Crippen LogP contribution >= 0.6 is 31.9 Å².